The van der Waals surface area contributed by atoms with Crippen molar-refractivity contribution in [1.82, 2.24) is 0 Å². The van der Waals surface area contributed by atoms with Gasteiger partial charge in [0, 0.05) is 0 Å². The standard InChI is InChI=1S/C16H26O4/c17-15(18)12-14(16(19)20)13-10-8-6-4-2-1-3-5-7-9-11-13/h10,14H,1-9,11-12H2,(H,17,18)(H,19,20)/b13-10+. The minimum Gasteiger partial charge on any atom is -0.481 e. The van der Waals surface area contributed by atoms with Gasteiger partial charge >= 0.3 is 11.9 Å². The summed E-state index contributed by atoms with van der Waals surface area (Å²) in [4.78, 5) is 22.1. The molecule has 0 aromatic carbocycles. The predicted molar refractivity (Wildman–Crippen MR) is 77.6 cm³/mol. The van der Waals surface area contributed by atoms with Crippen molar-refractivity contribution >= 4 is 11.9 Å². The molecular formula is C16H26O4. The topological polar surface area (TPSA) is 74.6 Å². The average Bonchev–Trinajstić information content (AvgIpc) is 2.36. The van der Waals surface area contributed by atoms with Crippen LogP contribution in [0.4, 0.5) is 0 Å². The zero-order valence-electron chi connectivity index (χ0n) is 12.1. The van der Waals surface area contributed by atoms with Crippen molar-refractivity contribution in [2.45, 2.75) is 70.6 Å². The highest BCUT2D eigenvalue weighted by Gasteiger charge is 2.24. The van der Waals surface area contributed by atoms with Gasteiger partial charge in [-0.15, -0.1) is 0 Å². The van der Waals surface area contributed by atoms with Crippen LogP contribution < -0.4 is 0 Å². The van der Waals surface area contributed by atoms with E-state index >= 15 is 0 Å². The van der Waals surface area contributed by atoms with Crippen molar-refractivity contribution in [2.75, 3.05) is 0 Å². The number of carbonyl (C=O) groups is 2. The summed E-state index contributed by atoms with van der Waals surface area (Å²) in [5.74, 6) is -2.90. The van der Waals surface area contributed by atoms with E-state index in [1.165, 1.54) is 32.1 Å². The number of hydrogen-bond acceptors (Lipinski definition) is 2. The Morgan fingerprint density at radius 1 is 0.950 bits per heavy atom. The maximum atomic E-state index is 11.3. The number of aliphatic carboxylic acids is 2. The first-order valence-corrected chi connectivity index (χ1v) is 7.75. The molecular weight excluding hydrogens is 256 g/mol. The van der Waals surface area contributed by atoms with Crippen molar-refractivity contribution in [3.05, 3.63) is 11.6 Å². The Labute approximate surface area is 120 Å². The van der Waals surface area contributed by atoms with E-state index in [1.54, 1.807) is 0 Å². The van der Waals surface area contributed by atoms with Gasteiger partial charge in [-0.1, -0.05) is 50.2 Å². The molecule has 0 saturated heterocycles. The van der Waals surface area contributed by atoms with Gasteiger partial charge in [0.15, 0.2) is 0 Å². The van der Waals surface area contributed by atoms with Crippen molar-refractivity contribution in [3.8, 4) is 0 Å². The van der Waals surface area contributed by atoms with E-state index in [0.29, 0.717) is 0 Å². The fraction of sp³-hybridized carbons (Fsp3) is 0.750. The Kier molecular flexibility index (Phi) is 8.00. The first-order chi connectivity index (χ1) is 9.61. The smallest absolute Gasteiger partial charge is 0.311 e. The zero-order valence-corrected chi connectivity index (χ0v) is 12.1. The SMILES string of the molecule is O=C(O)CC(C(=O)O)/C1=C/CCCCCCCCCC1. The molecule has 0 radical (unpaired) electrons. The highest BCUT2D eigenvalue weighted by atomic mass is 16.4. The second-order valence-electron chi connectivity index (χ2n) is 5.63. The van der Waals surface area contributed by atoms with E-state index < -0.39 is 17.9 Å². The summed E-state index contributed by atoms with van der Waals surface area (Å²) < 4.78 is 0. The van der Waals surface area contributed by atoms with Crippen LogP contribution in [0, 0.1) is 5.92 Å². The quantitative estimate of drug-likeness (QED) is 0.764. The molecule has 0 saturated carbocycles. The molecule has 4 heteroatoms. The Bertz CT molecular complexity index is 346. The summed E-state index contributed by atoms with van der Waals surface area (Å²) in [5, 5.41) is 18.1. The van der Waals surface area contributed by atoms with Crippen molar-refractivity contribution in [2.24, 2.45) is 5.92 Å². The fourth-order valence-corrected chi connectivity index (χ4v) is 2.79. The van der Waals surface area contributed by atoms with Gasteiger partial charge in [-0.2, -0.15) is 0 Å². The summed E-state index contributed by atoms with van der Waals surface area (Å²) >= 11 is 0. The van der Waals surface area contributed by atoms with Crippen LogP contribution in [0.3, 0.4) is 0 Å². The summed E-state index contributed by atoms with van der Waals surface area (Å²) in [7, 11) is 0. The molecule has 0 aliphatic heterocycles. The van der Waals surface area contributed by atoms with E-state index in [-0.39, 0.29) is 6.42 Å². The lowest BCUT2D eigenvalue weighted by Gasteiger charge is -2.16. The minimum absolute atomic E-state index is 0.304. The van der Waals surface area contributed by atoms with Crippen LogP contribution in [0.15, 0.2) is 11.6 Å². The van der Waals surface area contributed by atoms with Crippen LogP contribution in [0.2, 0.25) is 0 Å². The Morgan fingerprint density at radius 3 is 2.05 bits per heavy atom. The first-order valence-electron chi connectivity index (χ1n) is 7.75. The van der Waals surface area contributed by atoms with E-state index in [9.17, 15) is 14.7 Å². The molecule has 0 heterocycles. The van der Waals surface area contributed by atoms with Crippen LogP contribution in [0.1, 0.15) is 70.6 Å². The number of carboxylic acid groups (broad SMARTS) is 2. The number of allylic oxidation sites excluding steroid dienone is 1. The predicted octanol–water partition coefficient (Wildman–Crippen LogP) is 4.00. The minimum atomic E-state index is -1.04. The van der Waals surface area contributed by atoms with Gasteiger partial charge in [-0.05, 0) is 25.7 Å². The van der Waals surface area contributed by atoms with Gasteiger partial charge in [0.25, 0.3) is 0 Å². The number of hydrogen-bond donors (Lipinski definition) is 2. The zero-order chi connectivity index (χ0) is 14.8. The lowest BCUT2D eigenvalue weighted by molar-refractivity contribution is -0.147. The Morgan fingerprint density at radius 2 is 1.50 bits per heavy atom. The molecule has 4 nitrogen and oxygen atoms in total. The molecule has 1 aliphatic carbocycles. The van der Waals surface area contributed by atoms with E-state index in [2.05, 4.69) is 0 Å². The van der Waals surface area contributed by atoms with Gasteiger partial charge < -0.3 is 10.2 Å². The van der Waals surface area contributed by atoms with Gasteiger partial charge in [0.1, 0.15) is 0 Å². The van der Waals surface area contributed by atoms with Crippen LogP contribution >= 0.6 is 0 Å². The van der Waals surface area contributed by atoms with Crippen molar-refractivity contribution in [1.29, 1.82) is 0 Å². The molecule has 20 heavy (non-hydrogen) atoms. The third kappa shape index (κ3) is 6.73. The largest absolute Gasteiger partial charge is 0.481 e. The summed E-state index contributed by atoms with van der Waals surface area (Å²) in [5.41, 5.74) is 0.820. The summed E-state index contributed by atoms with van der Waals surface area (Å²) in [6, 6.07) is 0. The molecule has 0 aromatic heterocycles. The lowest BCUT2D eigenvalue weighted by atomic mass is 9.89. The fourth-order valence-electron chi connectivity index (χ4n) is 2.79. The van der Waals surface area contributed by atoms with Gasteiger partial charge in [0.2, 0.25) is 0 Å². The molecule has 0 spiro atoms. The molecule has 1 unspecified atom stereocenters. The molecule has 1 atom stereocenters. The maximum Gasteiger partial charge on any atom is 0.311 e. The Hall–Kier alpha value is -1.32. The summed E-state index contributed by atoms with van der Waals surface area (Å²) in [6.45, 7) is 0. The van der Waals surface area contributed by atoms with Crippen LogP contribution in [-0.4, -0.2) is 22.2 Å². The highest BCUT2D eigenvalue weighted by molar-refractivity contribution is 5.80. The average molecular weight is 282 g/mol. The lowest BCUT2D eigenvalue weighted by Crippen LogP contribution is -2.20. The van der Waals surface area contributed by atoms with Crippen LogP contribution in [-0.2, 0) is 9.59 Å². The van der Waals surface area contributed by atoms with Gasteiger partial charge in [0.05, 0.1) is 12.3 Å². The van der Waals surface area contributed by atoms with Crippen LogP contribution in [0.5, 0.6) is 0 Å². The normalized spacial score (nSPS) is 22.7. The van der Waals surface area contributed by atoms with Gasteiger partial charge in [-0.3, -0.25) is 9.59 Å². The van der Waals surface area contributed by atoms with Crippen molar-refractivity contribution in [3.63, 3.8) is 0 Å². The molecule has 0 aromatic rings. The molecule has 1 rings (SSSR count). The molecule has 1 aliphatic rings. The summed E-state index contributed by atoms with van der Waals surface area (Å²) in [6.07, 6.45) is 12.6. The van der Waals surface area contributed by atoms with E-state index in [0.717, 1.165) is 37.7 Å². The first kappa shape index (κ1) is 16.7. The monoisotopic (exact) mass is 282 g/mol. The molecule has 2 N–H and O–H groups in total. The second-order valence-corrected chi connectivity index (χ2v) is 5.63. The molecule has 0 amide bonds. The molecule has 114 valence electrons. The van der Waals surface area contributed by atoms with Gasteiger partial charge in [-0.25, -0.2) is 0 Å². The van der Waals surface area contributed by atoms with Crippen molar-refractivity contribution < 1.29 is 19.8 Å². The molecule has 0 fully saturated rings. The highest BCUT2D eigenvalue weighted by Crippen LogP contribution is 2.24. The maximum absolute atomic E-state index is 11.3. The van der Waals surface area contributed by atoms with E-state index in [1.807, 2.05) is 6.08 Å². The third-order valence-electron chi connectivity index (χ3n) is 3.95. The third-order valence-corrected chi connectivity index (χ3v) is 3.95. The molecule has 0 bridgehead atoms. The van der Waals surface area contributed by atoms with E-state index in [4.69, 9.17) is 5.11 Å². The second kappa shape index (κ2) is 9.56. The Balaban J connectivity index is 2.71. The number of rotatable bonds is 4. The van der Waals surface area contributed by atoms with Crippen LogP contribution in [0.25, 0.3) is 0 Å². The number of carboxylic acids is 2.